The SMILES string of the molecule is COc1cc(C)ccc1OCC(=O)NC(CO)CO. The van der Waals surface area contributed by atoms with E-state index >= 15 is 0 Å². The Labute approximate surface area is 112 Å². The molecule has 0 spiro atoms. The minimum atomic E-state index is -0.670. The molecule has 1 aromatic rings. The fourth-order valence-corrected chi connectivity index (χ4v) is 1.46. The molecule has 0 aromatic heterocycles. The quantitative estimate of drug-likeness (QED) is 0.641. The first-order valence-corrected chi connectivity index (χ1v) is 5.89. The van der Waals surface area contributed by atoms with Crippen LogP contribution < -0.4 is 14.8 Å². The molecule has 0 bridgehead atoms. The number of amides is 1. The first-order chi connectivity index (χ1) is 9.10. The fourth-order valence-electron chi connectivity index (χ4n) is 1.46. The second-order valence-electron chi connectivity index (χ2n) is 4.07. The molecule has 1 aromatic carbocycles. The van der Waals surface area contributed by atoms with Crippen LogP contribution in [0.1, 0.15) is 5.56 Å². The number of hydrogen-bond acceptors (Lipinski definition) is 5. The number of aliphatic hydroxyl groups excluding tert-OH is 2. The Balaban J connectivity index is 2.54. The summed E-state index contributed by atoms with van der Waals surface area (Å²) in [6, 6.07) is 4.70. The van der Waals surface area contributed by atoms with Gasteiger partial charge >= 0.3 is 0 Å². The van der Waals surface area contributed by atoms with Gasteiger partial charge in [0.05, 0.1) is 26.4 Å². The molecule has 0 aliphatic heterocycles. The molecule has 6 heteroatoms. The Hall–Kier alpha value is -1.79. The van der Waals surface area contributed by atoms with Crippen LogP contribution in [0.15, 0.2) is 18.2 Å². The third-order valence-electron chi connectivity index (χ3n) is 2.48. The average molecular weight is 269 g/mol. The lowest BCUT2D eigenvalue weighted by Crippen LogP contribution is -2.42. The van der Waals surface area contributed by atoms with E-state index in [1.54, 1.807) is 12.1 Å². The molecule has 0 fully saturated rings. The van der Waals surface area contributed by atoms with Crippen LogP contribution in [0.3, 0.4) is 0 Å². The lowest BCUT2D eigenvalue weighted by molar-refractivity contribution is -0.124. The number of carbonyl (C=O) groups is 1. The van der Waals surface area contributed by atoms with Crippen LogP contribution in [0.2, 0.25) is 0 Å². The number of nitrogens with one attached hydrogen (secondary N) is 1. The monoisotopic (exact) mass is 269 g/mol. The summed E-state index contributed by atoms with van der Waals surface area (Å²) in [6.45, 7) is 1.06. The molecule has 0 unspecified atom stereocenters. The maximum Gasteiger partial charge on any atom is 0.258 e. The largest absolute Gasteiger partial charge is 0.493 e. The Bertz CT molecular complexity index is 417. The minimum Gasteiger partial charge on any atom is -0.493 e. The number of aliphatic hydroxyl groups is 2. The van der Waals surface area contributed by atoms with Gasteiger partial charge in [0.25, 0.3) is 5.91 Å². The predicted molar refractivity (Wildman–Crippen MR) is 69.3 cm³/mol. The summed E-state index contributed by atoms with van der Waals surface area (Å²) in [7, 11) is 1.52. The zero-order chi connectivity index (χ0) is 14.3. The van der Waals surface area contributed by atoms with Crippen molar-refractivity contribution in [3.05, 3.63) is 23.8 Å². The van der Waals surface area contributed by atoms with E-state index in [1.807, 2.05) is 13.0 Å². The molecule has 0 aliphatic carbocycles. The predicted octanol–water partition coefficient (Wildman–Crippen LogP) is -0.148. The normalized spacial score (nSPS) is 10.4. The molecular formula is C13H19NO5. The molecule has 0 atom stereocenters. The molecular weight excluding hydrogens is 250 g/mol. The number of hydrogen-bond donors (Lipinski definition) is 3. The van der Waals surface area contributed by atoms with Gasteiger partial charge in [0.2, 0.25) is 0 Å². The lowest BCUT2D eigenvalue weighted by atomic mass is 10.2. The number of ether oxygens (including phenoxy) is 2. The van der Waals surface area contributed by atoms with Crippen molar-refractivity contribution >= 4 is 5.91 Å². The van der Waals surface area contributed by atoms with Gasteiger partial charge in [-0.2, -0.15) is 0 Å². The van der Waals surface area contributed by atoms with E-state index in [1.165, 1.54) is 7.11 Å². The smallest absolute Gasteiger partial charge is 0.258 e. The van der Waals surface area contributed by atoms with Crippen LogP contribution >= 0.6 is 0 Å². The van der Waals surface area contributed by atoms with E-state index in [0.717, 1.165) is 5.56 Å². The summed E-state index contributed by atoms with van der Waals surface area (Å²) in [5.74, 6) is 0.595. The molecule has 19 heavy (non-hydrogen) atoms. The maximum absolute atomic E-state index is 11.5. The highest BCUT2D eigenvalue weighted by atomic mass is 16.5. The van der Waals surface area contributed by atoms with E-state index in [0.29, 0.717) is 11.5 Å². The molecule has 6 nitrogen and oxygen atoms in total. The van der Waals surface area contributed by atoms with Crippen molar-refractivity contribution in [2.75, 3.05) is 26.9 Å². The molecule has 0 saturated heterocycles. The van der Waals surface area contributed by atoms with Gasteiger partial charge in [0, 0.05) is 0 Å². The van der Waals surface area contributed by atoms with Crippen molar-refractivity contribution in [2.24, 2.45) is 0 Å². The second-order valence-corrected chi connectivity index (χ2v) is 4.07. The molecule has 1 amide bonds. The van der Waals surface area contributed by atoms with Gasteiger partial charge in [-0.3, -0.25) is 4.79 Å². The molecule has 3 N–H and O–H groups in total. The number of rotatable bonds is 7. The second kappa shape index (κ2) is 7.60. The van der Waals surface area contributed by atoms with E-state index in [-0.39, 0.29) is 19.8 Å². The van der Waals surface area contributed by atoms with Gasteiger partial charge in [-0.25, -0.2) is 0 Å². The van der Waals surface area contributed by atoms with E-state index < -0.39 is 11.9 Å². The average Bonchev–Trinajstić information content (AvgIpc) is 2.43. The Morgan fingerprint density at radius 1 is 1.32 bits per heavy atom. The third kappa shape index (κ3) is 4.76. The van der Waals surface area contributed by atoms with Crippen molar-refractivity contribution in [2.45, 2.75) is 13.0 Å². The van der Waals surface area contributed by atoms with E-state index in [9.17, 15) is 4.79 Å². The Morgan fingerprint density at radius 3 is 2.58 bits per heavy atom. The first kappa shape index (κ1) is 15.3. The minimum absolute atomic E-state index is 0.212. The first-order valence-electron chi connectivity index (χ1n) is 5.89. The van der Waals surface area contributed by atoms with Crippen molar-refractivity contribution in [1.29, 1.82) is 0 Å². The van der Waals surface area contributed by atoms with Crippen LogP contribution in [-0.4, -0.2) is 49.1 Å². The third-order valence-corrected chi connectivity index (χ3v) is 2.48. The highest BCUT2D eigenvalue weighted by molar-refractivity contribution is 5.78. The highest BCUT2D eigenvalue weighted by Crippen LogP contribution is 2.27. The maximum atomic E-state index is 11.5. The van der Waals surface area contributed by atoms with Crippen molar-refractivity contribution in [3.8, 4) is 11.5 Å². The van der Waals surface area contributed by atoms with Crippen LogP contribution in [-0.2, 0) is 4.79 Å². The molecule has 0 heterocycles. The van der Waals surface area contributed by atoms with Crippen LogP contribution in [0.4, 0.5) is 0 Å². The van der Waals surface area contributed by atoms with Crippen molar-refractivity contribution < 1.29 is 24.5 Å². The van der Waals surface area contributed by atoms with Gasteiger partial charge in [-0.05, 0) is 24.6 Å². The summed E-state index contributed by atoms with van der Waals surface area (Å²) >= 11 is 0. The number of methoxy groups -OCH3 is 1. The van der Waals surface area contributed by atoms with Gasteiger partial charge in [-0.1, -0.05) is 6.07 Å². The fraction of sp³-hybridized carbons (Fsp3) is 0.462. The summed E-state index contributed by atoms with van der Waals surface area (Å²) in [5, 5.41) is 20.1. The molecule has 0 radical (unpaired) electrons. The summed E-state index contributed by atoms with van der Waals surface area (Å²) in [5.41, 5.74) is 1.02. The van der Waals surface area contributed by atoms with Gasteiger partial charge in [0.15, 0.2) is 18.1 Å². The molecule has 106 valence electrons. The zero-order valence-electron chi connectivity index (χ0n) is 11.0. The summed E-state index contributed by atoms with van der Waals surface area (Å²) in [4.78, 5) is 11.5. The number of aryl methyl sites for hydroxylation is 1. The van der Waals surface area contributed by atoms with Crippen LogP contribution in [0, 0.1) is 6.92 Å². The molecule has 0 aliphatic rings. The van der Waals surface area contributed by atoms with Gasteiger partial charge in [-0.15, -0.1) is 0 Å². The molecule has 0 saturated carbocycles. The standard InChI is InChI=1S/C13H19NO5/c1-9-3-4-11(12(5-9)18-2)19-8-13(17)14-10(6-15)7-16/h3-5,10,15-16H,6-8H2,1-2H3,(H,14,17). The van der Waals surface area contributed by atoms with Crippen LogP contribution in [0.5, 0.6) is 11.5 Å². The van der Waals surface area contributed by atoms with E-state index in [4.69, 9.17) is 19.7 Å². The highest BCUT2D eigenvalue weighted by Gasteiger charge is 2.12. The zero-order valence-corrected chi connectivity index (χ0v) is 11.0. The lowest BCUT2D eigenvalue weighted by Gasteiger charge is -2.14. The van der Waals surface area contributed by atoms with E-state index in [2.05, 4.69) is 5.32 Å². The van der Waals surface area contributed by atoms with Crippen molar-refractivity contribution in [3.63, 3.8) is 0 Å². The molecule has 1 rings (SSSR count). The Morgan fingerprint density at radius 2 is 2.00 bits per heavy atom. The number of carbonyl (C=O) groups excluding carboxylic acids is 1. The van der Waals surface area contributed by atoms with Crippen molar-refractivity contribution in [1.82, 2.24) is 5.32 Å². The number of benzene rings is 1. The van der Waals surface area contributed by atoms with Gasteiger partial charge in [0.1, 0.15) is 0 Å². The summed E-state index contributed by atoms with van der Waals surface area (Å²) < 4.78 is 10.5. The van der Waals surface area contributed by atoms with Gasteiger partial charge < -0.3 is 25.0 Å². The van der Waals surface area contributed by atoms with Crippen LogP contribution in [0.25, 0.3) is 0 Å². The summed E-state index contributed by atoms with van der Waals surface area (Å²) in [6.07, 6.45) is 0. The topological polar surface area (TPSA) is 88.0 Å². The Kier molecular flexibility index (Phi) is 6.11.